The molecule has 3 aromatic rings. The fourth-order valence-electron chi connectivity index (χ4n) is 6.02. The van der Waals surface area contributed by atoms with Crippen molar-refractivity contribution in [3.05, 3.63) is 76.1 Å². The quantitative estimate of drug-likeness (QED) is 0.420. The highest BCUT2D eigenvalue weighted by Crippen LogP contribution is 2.41. The summed E-state index contributed by atoms with van der Waals surface area (Å²) in [7, 11) is 0. The van der Waals surface area contributed by atoms with Gasteiger partial charge in [-0.25, -0.2) is 0 Å². The monoisotopic (exact) mass is 514 g/mol. The van der Waals surface area contributed by atoms with Gasteiger partial charge in [0.2, 0.25) is 0 Å². The maximum absolute atomic E-state index is 13.6. The number of hydrogen-bond acceptors (Lipinski definition) is 3. The number of hydrogen-bond donors (Lipinski definition) is 2. The Hall–Kier alpha value is -3.35. The molecule has 1 atom stereocenters. The molecule has 0 aliphatic carbocycles. The number of H-pyrrole nitrogens is 1. The minimum absolute atomic E-state index is 0.0796. The topological polar surface area (TPSA) is 68.4 Å². The maximum Gasteiger partial charge on any atom is 0.256 e. The van der Waals surface area contributed by atoms with Crippen molar-refractivity contribution in [1.29, 1.82) is 0 Å². The third-order valence-corrected chi connectivity index (χ3v) is 8.20. The molecule has 0 spiro atoms. The first-order chi connectivity index (χ1) is 18.0. The number of nitrogens with one attached hydrogen (secondary N) is 2. The zero-order chi connectivity index (χ0) is 25.5. The van der Waals surface area contributed by atoms with Gasteiger partial charge in [-0.05, 0) is 86.7 Å². The lowest BCUT2D eigenvalue weighted by molar-refractivity contribution is -0.110. The van der Waals surface area contributed by atoms with Crippen molar-refractivity contribution >= 4 is 40.8 Å². The van der Waals surface area contributed by atoms with Crippen LogP contribution >= 0.6 is 11.6 Å². The molecule has 7 heteroatoms. The summed E-state index contributed by atoms with van der Waals surface area (Å²) < 4.78 is 0. The number of amides is 2. The zero-order valence-corrected chi connectivity index (χ0v) is 21.8. The van der Waals surface area contributed by atoms with Gasteiger partial charge in [0.15, 0.2) is 0 Å². The van der Waals surface area contributed by atoms with E-state index in [4.69, 9.17) is 11.6 Å². The van der Waals surface area contributed by atoms with Gasteiger partial charge in [0, 0.05) is 47.3 Å². The van der Waals surface area contributed by atoms with Gasteiger partial charge in [0.25, 0.3) is 11.8 Å². The van der Waals surface area contributed by atoms with Gasteiger partial charge >= 0.3 is 0 Å². The van der Waals surface area contributed by atoms with Gasteiger partial charge in [-0.2, -0.15) is 0 Å². The molecule has 6 nitrogen and oxygen atoms in total. The number of halogens is 1. The molecule has 1 unspecified atom stereocenters. The van der Waals surface area contributed by atoms with E-state index in [0.717, 1.165) is 72.7 Å². The number of likely N-dealkylation sites (tertiary alicyclic amines) is 2. The number of nitrogens with zero attached hydrogens (tertiary/aromatic N) is 2. The van der Waals surface area contributed by atoms with Crippen LogP contribution in [0.3, 0.4) is 0 Å². The van der Waals surface area contributed by atoms with Gasteiger partial charge in [0.1, 0.15) is 0 Å². The van der Waals surface area contributed by atoms with E-state index >= 15 is 0 Å². The lowest BCUT2D eigenvalue weighted by Gasteiger charge is -2.28. The molecule has 6 rings (SSSR count). The lowest BCUT2D eigenvalue weighted by Crippen LogP contribution is -2.42. The summed E-state index contributed by atoms with van der Waals surface area (Å²) in [4.78, 5) is 34.5. The summed E-state index contributed by atoms with van der Waals surface area (Å²) in [5.41, 5.74) is 6.40. The van der Waals surface area contributed by atoms with Crippen molar-refractivity contribution in [3.8, 4) is 11.1 Å². The van der Waals surface area contributed by atoms with Crippen LogP contribution in [0.15, 0.2) is 48.7 Å². The van der Waals surface area contributed by atoms with Crippen molar-refractivity contribution in [2.24, 2.45) is 0 Å². The molecule has 0 saturated carbocycles. The predicted molar refractivity (Wildman–Crippen MR) is 149 cm³/mol. The molecule has 2 aromatic carbocycles. The number of benzene rings is 2. The molecule has 2 amide bonds. The molecule has 3 aliphatic heterocycles. The van der Waals surface area contributed by atoms with Crippen molar-refractivity contribution < 1.29 is 9.59 Å². The molecular formula is C30H31ClN4O2. The standard InChI is InChI=1S/C30H31ClN4O2/c1-19-25(30(37)35-14-6-9-22(35)18-34-12-2-3-13-34)17-32-27(19)16-24-28-23(20-7-4-8-21(31)15-20)10-5-11-26(28)33-29(24)36/h4-5,7-8,10-11,15-17,22,32H,2-3,6,9,12-14,18H2,1H3,(H,33,36)/b24-16-. The van der Waals surface area contributed by atoms with Crippen molar-refractivity contribution in [2.75, 3.05) is 31.5 Å². The van der Waals surface area contributed by atoms with E-state index in [1.165, 1.54) is 12.8 Å². The van der Waals surface area contributed by atoms with Crippen LogP contribution in [0.1, 0.15) is 52.9 Å². The van der Waals surface area contributed by atoms with Crippen molar-refractivity contribution in [2.45, 2.75) is 38.6 Å². The van der Waals surface area contributed by atoms with E-state index in [9.17, 15) is 9.59 Å². The van der Waals surface area contributed by atoms with Gasteiger partial charge in [0.05, 0.1) is 11.1 Å². The first kappa shape index (κ1) is 24.0. The Morgan fingerprint density at radius 2 is 1.92 bits per heavy atom. The molecule has 0 radical (unpaired) electrons. The summed E-state index contributed by atoms with van der Waals surface area (Å²) in [6.45, 7) is 6.01. The molecule has 2 saturated heterocycles. The second-order valence-corrected chi connectivity index (χ2v) is 10.7. The predicted octanol–water partition coefficient (Wildman–Crippen LogP) is 5.84. The van der Waals surface area contributed by atoms with Crippen LogP contribution in [-0.4, -0.2) is 58.8 Å². The van der Waals surface area contributed by atoms with E-state index in [-0.39, 0.29) is 17.9 Å². The van der Waals surface area contributed by atoms with Crippen LogP contribution in [0.5, 0.6) is 0 Å². The number of fused-ring (bicyclic) bond motifs is 1. The van der Waals surface area contributed by atoms with Crippen LogP contribution in [0.4, 0.5) is 5.69 Å². The summed E-state index contributed by atoms with van der Waals surface area (Å²) in [5, 5.41) is 3.64. The minimum atomic E-state index is -0.156. The van der Waals surface area contributed by atoms with Crippen molar-refractivity contribution in [3.63, 3.8) is 0 Å². The third kappa shape index (κ3) is 4.49. The fourth-order valence-corrected chi connectivity index (χ4v) is 6.21. The second kappa shape index (κ2) is 9.84. The zero-order valence-electron chi connectivity index (χ0n) is 21.0. The third-order valence-electron chi connectivity index (χ3n) is 7.97. The Balaban J connectivity index is 1.31. The maximum atomic E-state index is 13.6. The Morgan fingerprint density at radius 3 is 2.73 bits per heavy atom. The molecule has 37 heavy (non-hydrogen) atoms. The summed E-state index contributed by atoms with van der Waals surface area (Å²) >= 11 is 6.26. The fraction of sp³-hybridized carbons (Fsp3) is 0.333. The molecule has 2 N–H and O–H groups in total. The van der Waals surface area contributed by atoms with E-state index in [1.54, 1.807) is 6.20 Å². The molecule has 4 heterocycles. The number of carbonyl (C=O) groups excluding carboxylic acids is 2. The Morgan fingerprint density at radius 1 is 1.11 bits per heavy atom. The van der Waals surface area contributed by atoms with Crippen LogP contribution in [0, 0.1) is 6.92 Å². The highest BCUT2D eigenvalue weighted by molar-refractivity contribution is 6.36. The Labute approximate surface area is 222 Å². The Kier molecular flexibility index (Phi) is 6.39. The van der Waals surface area contributed by atoms with Crippen LogP contribution in [0.25, 0.3) is 22.8 Å². The van der Waals surface area contributed by atoms with Gasteiger partial charge < -0.3 is 20.1 Å². The van der Waals surface area contributed by atoms with E-state index in [2.05, 4.69) is 20.1 Å². The minimum Gasteiger partial charge on any atom is -0.361 e. The second-order valence-electron chi connectivity index (χ2n) is 10.3. The molecule has 2 fully saturated rings. The van der Waals surface area contributed by atoms with E-state index in [0.29, 0.717) is 16.2 Å². The highest BCUT2D eigenvalue weighted by Gasteiger charge is 2.33. The normalized spacial score (nSPS) is 20.6. The van der Waals surface area contributed by atoms with E-state index in [1.807, 2.05) is 55.5 Å². The van der Waals surface area contributed by atoms with Gasteiger partial charge in [-0.15, -0.1) is 0 Å². The van der Waals surface area contributed by atoms with E-state index < -0.39 is 0 Å². The molecular weight excluding hydrogens is 484 g/mol. The Bertz CT molecular complexity index is 1400. The van der Waals surface area contributed by atoms with Gasteiger partial charge in [-0.3, -0.25) is 9.59 Å². The summed E-state index contributed by atoms with van der Waals surface area (Å²) in [5.74, 6) is -0.0763. The summed E-state index contributed by atoms with van der Waals surface area (Å²) in [6, 6.07) is 13.8. The average Bonchev–Trinajstić information content (AvgIpc) is 3.69. The number of anilines is 1. The first-order valence-corrected chi connectivity index (χ1v) is 13.5. The molecule has 1 aromatic heterocycles. The largest absolute Gasteiger partial charge is 0.361 e. The van der Waals surface area contributed by atoms with Crippen LogP contribution in [0.2, 0.25) is 5.02 Å². The van der Waals surface area contributed by atoms with Crippen LogP contribution < -0.4 is 5.32 Å². The highest BCUT2D eigenvalue weighted by atomic mass is 35.5. The summed E-state index contributed by atoms with van der Waals surface area (Å²) in [6.07, 6.45) is 8.29. The lowest BCUT2D eigenvalue weighted by atomic mass is 9.94. The molecule has 0 bridgehead atoms. The number of carbonyl (C=O) groups is 2. The van der Waals surface area contributed by atoms with Crippen molar-refractivity contribution in [1.82, 2.24) is 14.8 Å². The molecule has 3 aliphatic rings. The first-order valence-electron chi connectivity index (χ1n) is 13.1. The molecule has 190 valence electrons. The smallest absolute Gasteiger partial charge is 0.256 e. The average molecular weight is 515 g/mol. The number of aromatic nitrogens is 1. The SMILES string of the molecule is Cc1c(C(=O)N2CCCC2CN2CCCC2)c[nH]c1/C=C1\C(=O)Nc2cccc(-c3cccc(Cl)c3)c21. The number of rotatable bonds is 5. The van der Waals surface area contributed by atoms with Crippen LogP contribution in [-0.2, 0) is 4.79 Å². The number of aromatic amines is 1. The van der Waals surface area contributed by atoms with Gasteiger partial charge in [-0.1, -0.05) is 35.9 Å².